The Morgan fingerprint density at radius 1 is 1.26 bits per heavy atom. The Hall–Kier alpha value is -2.20. The van der Waals surface area contributed by atoms with Gasteiger partial charge in [-0.3, -0.25) is 9.78 Å². The maximum Gasteiger partial charge on any atom is 0.227 e. The molecule has 3 nitrogen and oxygen atoms in total. The van der Waals surface area contributed by atoms with E-state index in [9.17, 15) is 4.79 Å². The molecule has 3 heterocycles. The summed E-state index contributed by atoms with van der Waals surface area (Å²) < 4.78 is 0. The van der Waals surface area contributed by atoms with Gasteiger partial charge in [-0.05, 0) is 46.2 Å². The predicted octanol–water partition coefficient (Wildman–Crippen LogP) is 4.20. The molecule has 0 N–H and O–H groups in total. The molecule has 0 spiro atoms. The Bertz CT molecular complexity index is 823. The number of rotatable bonds is 3. The fraction of sp³-hybridized carbons (Fsp3) is 0.263. The Balaban J connectivity index is 1.59. The van der Waals surface area contributed by atoms with Gasteiger partial charge in [0.05, 0.1) is 12.5 Å². The molecular weight excluding hydrogens is 304 g/mol. The smallest absolute Gasteiger partial charge is 0.227 e. The molecule has 116 valence electrons. The number of carbonyl (C=O) groups is 1. The number of carbonyl (C=O) groups excluding carboxylic acids is 1. The fourth-order valence-corrected chi connectivity index (χ4v) is 4.17. The lowest BCUT2D eigenvalue weighted by Gasteiger charge is -2.24. The second-order valence-electron chi connectivity index (χ2n) is 6.00. The summed E-state index contributed by atoms with van der Waals surface area (Å²) in [4.78, 5) is 19.2. The van der Waals surface area contributed by atoms with Crippen LogP contribution >= 0.6 is 11.3 Å². The van der Waals surface area contributed by atoms with Crippen LogP contribution in [0, 0.1) is 0 Å². The van der Waals surface area contributed by atoms with Gasteiger partial charge in [0, 0.05) is 24.3 Å². The van der Waals surface area contributed by atoms with Crippen molar-refractivity contribution in [1.82, 2.24) is 9.88 Å². The van der Waals surface area contributed by atoms with Crippen LogP contribution in [0.5, 0.6) is 0 Å². The molecule has 0 radical (unpaired) electrons. The lowest BCUT2D eigenvalue weighted by atomic mass is 10.0. The third-order valence-corrected chi connectivity index (χ3v) is 5.29. The summed E-state index contributed by atoms with van der Waals surface area (Å²) in [5.74, 6) is 0.205. The Kier molecular flexibility index (Phi) is 3.83. The largest absolute Gasteiger partial charge is 0.335 e. The summed E-state index contributed by atoms with van der Waals surface area (Å²) in [7, 11) is 0. The molecule has 1 aromatic carbocycles. The van der Waals surface area contributed by atoms with E-state index < -0.39 is 0 Å². The van der Waals surface area contributed by atoms with Gasteiger partial charge in [0.15, 0.2) is 0 Å². The van der Waals surface area contributed by atoms with E-state index in [0.29, 0.717) is 6.42 Å². The van der Waals surface area contributed by atoms with Crippen LogP contribution in [0.4, 0.5) is 0 Å². The Morgan fingerprint density at radius 2 is 2.17 bits per heavy atom. The molecule has 0 saturated carbocycles. The lowest BCUT2D eigenvalue weighted by Crippen LogP contribution is -2.31. The Labute approximate surface area is 139 Å². The predicted molar refractivity (Wildman–Crippen MR) is 93.5 cm³/mol. The van der Waals surface area contributed by atoms with E-state index in [-0.39, 0.29) is 11.9 Å². The van der Waals surface area contributed by atoms with E-state index in [4.69, 9.17) is 0 Å². The minimum Gasteiger partial charge on any atom is -0.335 e. The molecule has 0 bridgehead atoms. The van der Waals surface area contributed by atoms with Crippen molar-refractivity contribution in [3.63, 3.8) is 0 Å². The average Bonchev–Trinajstić information content (AvgIpc) is 3.26. The van der Waals surface area contributed by atoms with E-state index in [1.807, 2.05) is 35.5 Å². The third-order valence-electron chi connectivity index (χ3n) is 4.59. The molecule has 4 heteroatoms. The summed E-state index contributed by atoms with van der Waals surface area (Å²) in [5, 5.41) is 6.47. The van der Waals surface area contributed by atoms with Crippen LogP contribution in [0.25, 0.3) is 10.8 Å². The first-order valence-electron chi connectivity index (χ1n) is 7.96. The van der Waals surface area contributed by atoms with Crippen LogP contribution in [-0.2, 0) is 11.2 Å². The van der Waals surface area contributed by atoms with Crippen molar-refractivity contribution in [2.75, 3.05) is 6.54 Å². The van der Waals surface area contributed by atoms with Crippen LogP contribution in [0.15, 0.2) is 53.5 Å². The first-order chi connectivity index (χ1) is 11.3. The van der Waals surface area contributed by atoms with Crippen molar-refractivity contribution in [2.24, 2.45) is 0 Å². The van der Waals surface area contributed by atoms with Gasteiger partial charge in [0.2, 0.25) is 5.91 Å². The van der Waals surface area contributed by atoms with Crippen LogP contribution < -0.4 is 0 Å². The zero-order valence-corrected chi connectivity index (χ0v) is 13.6. The molecule has 23 heavy (non-hydrogen) atoms. The number of hydrogen-bond acceptors (Lipinski definition) is 3. The molecular formula is C19H18N2OS. The number of nitrogens with zero attached hydrogens (tertiary/aromatic N) is 2. The highest BCUT2D eigenvalue weighted by molar-refractivity contribution is 7.08. The molecule has 4 rings (SSSR count). The summed E-state index contributed by atoms with van der Waals surface area (Å²) in [5.41, 5.74) is 2.29. The minimum atomic E-state index is 0.205. The van der Waals surface area contributed by atoms with Gasteiger partial charge < -0.3 is 4.90 Å². The molecule has 3 aromatic rings. The highest BCUT2D eigenvalue weighted by atomic mass is 32.1. The zero-order valence-electron chi connectivity index (χ0n) is 12.8. The highest BCUT2D eigenvalue weighted by Crippen LogP contribution is 2.33. The summed E-state index contributed by atoms with van der Waals surface area (Å²) in [6.45, 7) is 0.859. The first kappa shape index (κ1) is 14.4. The number of likely N-dealkylation sites (tertiary alicyclic amines) is 1. The molecule has 1 unspecified atom stereocenters. The maximum absolute atomic E-state index is 12.9. The molecule has 1 aliphatic rings. The molecule has 1 aliphatic heterocycles. The number of fused-ring (bicyclic) bond motifs is 1. The second-order valence-corrected chi connectivity index (χ2v) is 6.78. The fourth-order valence-electron chi connectivity index (χ4n) is 3.46. The van der Waals surface area contributed by atoms with Gasteiger partial charge in [-0.1, -0.05) is 24.3 Å². The van der Waals surface area contributed by atoms with Crippen molar-refractivity contribution in [3.05, 3.63) is 64.6 Å². The quantitative estimate of drug-likeness (QED) is 0.724. The van der Waals surface area contributed by atoms with Crippen molar-refractivity contribution >= 4 is 28.0 Å². The molecule has 1 amide bonds. The SMILES string of the molecule is O=C(Cc1cncc2ccccc12)N1CCCC1c1ccsc1. The van der Waals surface area contributed by atoms with E-state index in [0.717, 1.165) is 35.7 Å². The van der Waals surface area contributed by atoms with Gasteiger partial charge >= 0.3 is 0 Å². The number of benzene rings is 1. The van der Waals surface area contributed by atoms with Gasteiger partial charge in [0.25, 0.3) is 0 Å². The molecule has 1 fully saturated rings. The van der Waals surface area contributed by atoms with E-state index in [1.54, 1.807) is 11.3 Å². The first-order valence-corrected chi connectivity index (χ1v) is 8.90. The van der Waals surface area contributed by atoms with E-state index >= 15 is 0 Å². The van der Waals surface area contributed by atoms with E-state index in [2.05, 4.69) is 27.9 Å². The number of amides is 1. The van der Waals surface area contributed by atoms with Gasteiger partial charge in [-0.15, -0.1) is 0 Å². The van der Waals surface area contributed by atoms with Gasteiger partial charge in [-0.25, -0.2) is 0 Å². The second kappa shape index (κ2) is 6.13. The monoisotopic (exact) mass is 322 g/mol. The van der Waals surface area contributed by atoms with Crippen molar-refractivity contribution < 1.29 is 4.79 Å². The molecule has 1 atom stereocenters. The number of hydrogen-bond donors (Lipinski definition) is 0. The van der Waals surface area contributed by atoms with E-state index in [1.165, 1.54) is 5.56 Å². The normalized spacial score (nSPS) is 17.7. The van der Waals surface area contributed by atoms with Crippen LogP contribution in [0.1, 0.15) is 30.0 Å². The highest BCUT2D eigenvalue weighted by Gasteiger charge is 2.30. The summed E-state index contributed by atoms with van der Waals surface area (Å²) in [6.07, 6.45) is 6.26. The third kappa shape index (κ3) is 2.75. The number of thiophene rings is 1. The van der Waals surface area contributed by atoms with Crippen LogP contribution in [0.3, 0.4) is 0 Å². The van der Waals surface area contributed by atoms with Gasteiger partial charge in [0.1, 0.15) is 0 Å². The topological polar surface area (TPSA) is 33.2 Å². The van der Waals surface area contributed by atoms with Crippen LogP contribution in [-0.4, -0.2) is 22.3 Å². The molecule has 1 saturated heterocycles. The average molecular weight is 322 g/mol. The summed E-state index contributed by atoms with van der Waals surface area (Å²) in [6, 6.07) is 10.5. The molecule has 0 aliphatic carbocycles. The van der Waals surface area contributed by atoms with Crippen molar-refractivity contribution in [1.29, 1.82) is 0 Å². The maximum atomic E-state index is 12.9. The zero-order chi connectivity index (χ0) is 15.6. The Morgan fingerprint density at radius 3 is 3.04 bits per heavy atom. The van der Waals surface area contributed by atoms with Crippen LogP contribution in [0.2, 0.25) is 0 Å². The summed E-state index contributed by atoms with van der Waals surface area (Å²) >= 11 is 1.70. The minimum absolute atomic E-state index is 0.205. The standard InChI is InChI=1S/C19H18N2OS/c22-19(21-8-3-6-18(21)15-7-9-23-13-15)10-16-12-20-11-14-4-1-2-5-17(14)16/h1-2,4-5,7,9,11-13,18H,3,6,8,10H2. The number of pyridine rings is 1. The number of aromatic nitrogens is 1. The van der Waals surface area contributed by atoms with Gasteiger partial charge in [-0.2, -0.15) is 11.3 Å². The van der Waals surface area contributed by atoms with Crippen molar-refractivity contribution in [3.8, 4) is 0 Å². The molecule has 2 aromatic heterocycles. The van der Waals surface area contributed by atoms with Crippen molar-refractivity contribution in [2.45, 2.75) is 25.3 Å². The lowest BCUT2D eigenvalue weighted by molar-refractivity contribution is -0.131.